The van der Waals surface area contributed by atoms with Crippen molar-refractivity contribution in [2.45, 2.75) is 16.7 Å². The van der Waals surface area contributed by atoms with Crippen LogP contribution in [-0.4, -0.2) is 44.2 Å². The van der Waals surface area contributed by atoms with E-state index in [1.807, 2.05) is 4.72 Å². The van der Waals surface area contributed by atoms with E-state index in [2.05, 4.69) is 0 Å². The molecule has 0 bridgehead atoms. The Labute approximate surface area is 128 Å². The van der Waals surface area contributed by atoms with Crippen LogP contribution in [0.25, 0.3) is 0 Å². The van der Waals surface area contributed by atoms with E-state index in [9.17, 15) is 23.3 Å². The van der Waals surface area contributed by atoms with E-state index in [1.165, 1.54) is 7.11 Å². The standard InChI is InChI=1S/C9H11ClN2O7S2/c1-19-3-2-5(9(13)14)11-21(17,18)7-4-6(12(15)16)8(10)20-7/h4-5,11H,2-3H2,1H3,(H,13,14). The van der Waals surface area contributed by atoms with E-state index in [1.54, 1.807) is 0 Å². The third-order valence-electron chi connectivity index (χ3n) is 2.31. The normalized spacial score (nSPS) is 13.0. The first kappa shape index (κ1) is 17.8. The molecule has 1 aromatic heterocycles. The molecule has 1 aromatic rings. The van der Waals surface area contributed by atoms with Gasteiger partial charge in [0.2, 0.25) is 0 Å². The van der Waals surface area contributed by atoms with Crippen molar-refractivity contribution in [3.8, 4) is 0 Å². The second-order valence-corrected chi connectivity index (χ2v) is 7.37. The number of carboxylic acids is 1. The van der Waals surface area contributed by atoms with Gasteiger partial charge in [-0.15, -0.1) is 11.3 Å². The average molecular weight is 359 g/mol. The van der Waals surface area contributed by atoms with E-state index in [-0.39, 0.29) is 17.4 Å². The number of nitro groups is 1. The number of ether oxygens (including phenoxy) is 1. The third-order valence-corrected chi connectivity index (χ3v) is 5.60. The SMILES string of the molecule is COCCC(NS(=O)(=O)c1cc([N+](=O)[O-])c(Cl)s1)C(=O)O. The molecule has 0 amide bonds. The topological polar surface area (TPSA) is 136 Å². The number of hydrogen-bond donors (Lipinski definition) is 2. The molecular formula is C9H11ClN2O7S2. The van der Waals surface area contributed by atoms with Gasteiger partial charge in [0.25, 0.3) is 15.7 Å². The lowest BCUT2D eigenvalue weighted by atomic mass is 10.2. The molecule has 1 atom stereocenters. The molecule has 1 rings (SSSR count). The zero-order valence-corrected chi connectivity index (χ0v) is 13.0. The van der Waals surface area contributed by atoms with Gasteiger partial charge in [-0.25, -0.2) is 8.42 Å². The lowest BCUT2D eigenvalue weighted by Gasteiger charge is -2.13. The zero-order valence-electron chi connectivity index (χ0n) is 10.6. The molecule has 9 nitrogen and oxygen atoms in total. The Morgan fingerprint density at radius 2 is 2.29 bits per heavy atom. The second-order valence-electron chi connectivity index (χ2n) is 3.78. The first-order valence-electron chi connectivity index (χ1n) is 5.37. The summed E-state index contributed by atoms with van der Waals surface area (Å²) in [6, 6.07) is -0.625. The fraction of sp³-hybridized carbons (Fsp3) is 0.444. The van der Waals surface area contributed by atoms with Crippen LogP contribution in [0.3, 0.4) is 0 Å². The number of nitrogens with zero attached hydrogens (tertiary/aromatic N) is 1. The van der Waals surface area contributed by atoms with E-state index >= 15 is 0 Å². The number of methoxy groups -OCH3 is 1. The third kappa shape index (κ3) is 4.61. The molecule has 0 aliphatic rings. The summed E-state index contributed by atoms with van der Waals surface area (Å²) in [4.78, 5) is 20.8. The van der Waals surface area contributed by atoms with Gasteiger partial charge in [-0.1, -0.05) is 11.6 Å². The van der Waals surface area contributed by atoms with Crippen LogP contribution in [0.15, 0.2) is 10.3 Å². The van der Waals surface area contributed by atoms with Gasteiger partial charge < -0.3 is 9.84 Å². The maximum Gasteiger partial charge on any atom is 0.321 e. The van der Waals surface area contributed by atoms with E-state index in [4.69, 9.17) is 21.4 Å². The van der Waals surface area contributed by atoms with E-state index in [0.717, 1.165) is 6.07 Å². The molecule has 118 valence electrons. The van der Waals surface area contributed by atoms with Crippen molar-refractivity contribution in [2.75, 3.05) is 13.7 Å². The summed E-state index contributed by atoms with van der Waals surface area (Å²) in [6.07, 6.45) is -0.0910. The van der Waals surface area contributed by atoms with Gasteiger partial charge in [0, 0.05) is 19.8 Å². The fourth-order valence-electron chi connectivity index (χ4n) is 1.31. The Hall–Kier alpha value is -1.27. The van der Waals surface area contributed by atoms with Crippen molar-refractivity contribution in [3.05, 3.63) is 20.5 Å². The van der Waals surface area contributed by atoms with Gasteiger partial charge in [0.1, 0.15) is 10.3 Å². The van der Waals surface area contributed by atoms with E-state index in [0.29, 0.717) is 11.3 Å². The quantitative estimate of drug-likeness (QED) is 0.524. The Morgan fingerprint density at radius 3 is 2.71 bits per heavy atom. The molecule has 0 saturated carbocycles. The monoisotopic (exact) mass is 358 g/mol. The van der Waals surface area contributed by atoms with Crippen LogP contribution in [0, 0.1) is 10.1 Å². The number of nitrogens with one attached hydrogen (secondary N) is 1. The maximum absolute atomic E-state index is 12.0. The number of aliphatic carboxylic acids is 1. The predicted octanol–water partition coefficient (Wildman–Crippen LogP) is 1.08. The fourth-order valence-corrected chi connectivity index (χ4v) is 4.21. The van der Waals surface area contributed by atoms with Crippen molar-refractivity contribution in [1.29, 1.82) is 0 Å². The Morgan fingerprint density at radius 1 is 1.67 bits per heavy atom. The molecule has 0 aliphatic heterocycles. The van der Waals surface area contributed by atoms with Gasteiger partial charge in [-0.05, 0) is 6.42 Å². The Kier molecular flexibility index (Phi) is 6.04. The molecule has 0 saturated heterocycles. The summed E-state index contributed by atoms with van der Waals surface area (Å²) in [5.41, 5.74) is -0.550. The highest BCUT2D eigenvalue weighted by atomic mass is 35.5. The lowest BCUT2D eigenvalue weighted by molar-refractivity contribution is -0.384. The first-order chi connectivity index (χ1) is 9.69. The number of halogens is 1. The van der Waals surface area contributed by atoms with E-state index < -0.39 is 36.9 Å². The molecule has 0 aromatic carbocycles. The first-order valence-corrected chi connectivity index (χ1v) is 8.04. The van der Waals surface area contributed by atoms with Crippen molar-refractivity contribution in [1.82, 2.24) is 4.72 Å². The van der Waals surface area contributed by atoms with Gasteiger partial charge in [-0.2, -0.15) is 4.72 Å². The maximum atomic E-state index is 12.0. The van der Waals surface area contributed by atoms with Crippen LogP contribution in [0.1, 0.15) is 6.42 Å². The van der Waals surface area contributed by atoms with Crippen LogP contribution >= 0.6 is 22.9 Å². The molecule has 0 radical (unpaired) electrons. The molecule has 1 unspecified atom stereocenters. The largest absolute Gasteiger partial charge is 0.480 e. The lowest BCUT2D eigenvalue weighted by Crippen LogP contribution is -2.41. The molecule has 0 fully saturated rings. The molecule has 21 heavy (non-hydrogen) atoms. The number of rotatable bonds is 8. The summed E-state index contributed by atoms with van der Waals surface area (Å²) >= 11 is 6.05. The minimum atomic E-state index is -4.23. The van der Waals surface area contributed by atoms with Crippen molar-refractivity contribution in [3.63, 3.8) is 0 Å². The molecule has 1 heterocycles. The second kappa shape index (κ2) is 7.13. The number of hydrogen-bond acceptors (Lipinski definition) is 7. The van der Waals surface area contributed by atoms with Crippen LogP contribution < -0.4 is 4.72 Å². The summed E-state index contributed by atoms with van der Waals surface area (Å²) in [6.45, 7) is 0.0326. The van der Waals surface area contributed by atoms with Gasteiger partial charge >= 0.3 is 5.97 Å². The number of carbonyl (C=O) groups is 1. The van der Waals surface area contributed by atoms with Crippen molar-refractivity contribution < 1.29 is 28.0 Å². The minimum Gasteiger partial charge on any atom is -0.480 e. The Bertz CT molecular complexity index is 643. The highest BCUT2D eigenvalue weighted by Gasteiger charge is 2.29. The minimum absolute atomic E-state index is 0.0326. The predicted molar refractivity (Wildman–Crippen MR) is 74.2 cm³/mol. The molecule has 0 aliphatic carbocycles. The number of thiophene rings is 1. The van der Waals surface area contributed by atoms with Crippen molar-refractivity contribution in [2.24, 2.45) is 0 Å². The summed E-state index contributed by atoms with van der Waals surface area (Å²) in [5, 5.41) is 19.6. The summed E-state index contributed by atoms with van der Waals surface area (Å²) in [5.74, 6) is -1.38. The van der Waals surface area contributed by atoms with Crippen LogP contribution in [0.2, 0.25) is 4.34 Å². The number of carboxylic acid groups (broad SMARTS) is 1. The van der Waals surface area contributed by atoms with Gasteiger partial charge in [0.05, 0.1) is 4.92 Å². The highest BCUT2D eigenvalue weighted by Crippen LogP contribution is 2.36. The molecular weight excluding hydrogens is 348 g/mol. The molecule has 0 spiro atoms. The van der Waals surface area contributed by atoms with Crippen LogP contribution in [0.4, 0.5) is 5.69 Å². The zero-order chi connectivity index (χ0) is 16.2. The van der Waals surface area contributed by atoms with Crippen molar-refractivity contribution >= 4 is 44.6 Å². The highest BCUT2D eigenvalue weighted by molar-refractivity contribution is 7.91. The molecule has 2 N–H and O–H groups in total. The number of sulfonamides is 1. The van der Waals surface area contributed by atoms with Crippen LogP contribution in [0.5, 0.6) is 0 Å². The molecule has 12 heteroatoms. The van der Waals surface area contributed by atoms with Gasteiger partial charge in [-0.3, -0.25) is 14.9 Å². The summed E-state index contributed by atoms with van der Waals surface area (Å²) in [7, 11) is -2.88. The van der Waals surface area contributed by atoms with Crippen LogP contribution in [-0.2, 0) is 19.6 Å². The smallest absolute Gasteiger partial charge is 0.321 e. The van der Waals surface area contributed by atoms with Gasteiger partial charge in [0.15, 0.2) is 4.34 Å². The Balaban J connectivity index is 3.02. The summed E-state index contributed by atoms with van der Waals surface area (Å²) < 4.78 is 29.9. The average Bonchev–Trinajstić information content (AvgIpc) is 2.77.